The maximum atomic E-state index is 14.2. The van der Waals surface area contributed by atoms with Crippen molar-refractivity contribution in [3.8, 4) is 5.75 Å². The van der Waals surface area contributed by atoms with Gasteiger partial charge in [-0.15, -0.1) is 0 Å². The molecule has 0 aliphatic heterocycles. The van der Waals surface area contributed by atoms with Crippen molar-refractivity contribution in [1.29, 1.82) is 0 Å². The van der Waals surface area contributed by atoms with Gasteiger partial charge in [0.05, 0.1) is 12.5 Å². The summed E-state index contributed by atoms with van der Waals surface area (Å²) >= 11 is 0. The molecule has 1 aromatic carbocycles. The SMILES string of the molecule is COc1ccccc1C(F)C(C)(C)C(=O)O. The van der Waals surface area contributed by atoms with Gasteiger partial charge in [-0.1, -0.05) is 18.2 Å². The summed E-state index contributed by atoms with van der Waals surface area (Å²) in [4.78, 5) is 11.0. The number of carbonyl (C=O) groups is 1. The second-order valence-electron chi connectivity index (χ2n) is 4.13. The minimum absolute atomic E-state index is 0.261. The molecule has 0 radical (unpaired) electrons. The molecule has 88 valence electrons. The number of para-hydroxylation sites is 1. The zero-order valence-corrected chi connectivity index (χ0v) is 9.53. The molecule has 0 aromatic heterocycles. The Bertz CT molecular complexity index is 388. The predicted octanol–water partition coefficient (Wildman–Crippen LogP) is 2.82. The first-order chi connectivity index (χ1) is 7.41. The minimum atomic E-state index is -1.61. The molecule has 0 heterocycles. The summed E-state index contributed by atoms with van der Waals surface area (Å²) in [7, 11) is 1.43. The van der Waals surface area contributed by atoms with Gasteiger partial charge in [-0.25, -0.2) is 4.39 Å². The molecule has 1 N–H and O–H groups in total. The van der Waals surface area contributed by atoms with E-state index < -0.39 is 17.6 Å². The van der Waals surface area contributed by atoms with Crippen molar-refractivity contribution in [1.82, 2.24) is 0 Å². The fourth-order valence-corrected chi connectivity index (χ4v) is 1.37. The number of carboxylic acid groups (broad SMARTS) is 1. The van der Waals surface area contributed by atoms with E-state index in [9.17, 15) is 9.18 Å². The molecule has 1 atom stereocenters. The molecule has 0 aliphatic carbocycles. The molecule has 0 saturated heterocycles. The molecule has 0 amide bonds. The van der Waals surface area contributed by atoms with E-state index in [0.29, 0.717) is 5.75 Å². The van der Waals surface area contributed by atoms with Crippen LogP contribution in [0.5, 0.6) is 5.75 Å². The van der Waals surface area contributed by atoms with Crippen molar-refractivity contribution in [3.05, 3.63) is 29.8 Å². The summed E-state index contributed by atoms with van der Waals surface area (Å²) in [5, 5.41) is 8.96. The van der Waals surface area contributed by atoms with Gasteiger partial charge in [0.15, 0.2) is 0 Å². The molecule has 3 nitrogen and oxygen atoms in total. The fraction of sp³-hybridized carbons (Fsp3) is 0.417. The molecule has 16 heavy (non-hydrogen) atoms. The Hall–Kier alpha value is -1.58. The third-order valence-electron chi connectivity index (χ3n) is 2.60. The molecule has 0 bridgehead atoms. The van der Waals surface area contributed by atoms with Crippen molar-refractivity contribution < 1.29 is 19.0 Å². The van der Waals surface area contributed by atoms with Crippen LogP contribution in [0, 0.1) is 5.41 Å². The maximum absolute atomic E-state index is 14.2. The summed E-state index contributed by atoms with van der Waals surface area (Å²) in [5.41, 5.74) is -1.22. The van der Waals surface area contributed by atoms with Gasteiger partial charge in [0.25, 0.3) is 0 Å². The van der Waals surface area contributed by atoms with Crippen LogP contribution in [0.2, 0.25) is 0 Å². The lowest BCUT2D eigenvalue weighted by Crippen LogP contribution is -2.29. The largest absolute Gasteiger partial charge is 0.496 e. The summed E-state index contributed by atoms with van der Waals surface area (Å²) in [5.74, 6) is -0.810. The zero-order chi connectivity index (χ0) is 12.3. The number of hydrogen-bond acceptors (Lipinski definition) is 2. The highest BCUT2D eigenvalue weighted by Crippen LogP contribution is 2.40. The van der Waals surface area contributed by atoms with Crippen molar-refractivity contribution in [2.24, 2.45) is 5.41 Å². The highest BCUT2D eigenvalue weighted by Gasteiger charge is 2.39. The second kappa shape index (κ2) is 4.51. The van der Waals surface area contributed by atoms with Gasteiger partial charge in [0, 0.05) is 5.56 Å². The third-order valence-corrected chi connectivity index (χ3v) is 2.60. The summed E-state index contributed by atoms with van der Waals surface area (Å²) in [6, 6.07) is 6.51. The maximum Gasteiger partial charge on any atom is 0.312 e. The van der Waals surface area contributed by atoms with E-state index in [1.165, 1.54) is 27.0 Å². The van der Waals surface area contributed by atoms with Gasteiger partial charge in [-0.3, -0.25) is 4.79 Å². The first-order valence-corrected chi connectivity index (χ1v) is 4.91. The topological polar surface area (TPSA) is 46.5 Å². The smallest absolute Gasteiger partial charge is 0.312 e. The Morgan fingerprint density at radius 1 is 1.44 bits per heavy atom. The number of aliphatic carboxylic acids is 1. The van der Waals surface area contributed by atoms with Crippen LogP contribution < -0.4 is 4.74 Å². The van der Waals surface area contributed by atoms with Crippen LogP contribution in [0.3, 0.4) is 0 Å². The number of ether oxygens (including phenoxy) is 1. The van der Waals surface area contributed by atoms with Crippen LogP contribution in [0.25, 0.3) is 0 Å². The summed E-state index contributed by atoms with van der Waals surface area (Å²) in [6.07, 6.45) is -1.61. The number of methoxy groups -OCH3 is 1. The molecule has 1 aromatic rings. The number of benzene rings is 1. The Balaban J connectivity index is 3.14. The van der Waals surface area contributed by atoms with E-state index >= 15 is 0 Å². The summed E-state index contributed by atoms with van der Waals surface area (Å²) in [6.45, 7) is 2.71. The molecule has 0 saturated carbocycles. The van der Waals surface area contributed by atoms with E-state index in [4.69, 9.17) is 9.84 Å². The van der Waals surface area contributed by atoms with Gasteiger partial charge in [-0.05, 0) is 19.9 Å². The molecular formula is C12H15FO3. The Morgan fingerprint density at radius 2 is 2.00 bits per heavy atom. The second-order valence-corrected chi connectivity index (χ2v) is 4.13. The van der Waals surface area contributed by atoms with Gasteiger partial charge >= 0.3 is 5.97 Å². The van der Waals surface area contributed by atoms with Crippen LogP contribution in [0.4, 0.5) is 4.39 Å². The van der Waals surface area contributed by atoms with E-state index in [-0.39, 0.29) is 5.56 Å². The zero-order valence-electron chi connectivity index (χ0n) is 9.53. The van der Waals surface area contributed by atoms with E-state index in [0.717, 1.165) is 0 Å². The molecule has 1 rings (SSSR count). The number of carboxylic acids is 1. The van der Waals surface area contributed by atoms with Crippen molar-refractivity contribution in [2.45, 2.75) is 20.0 Å². The molecule has 0 aliphatic rings. The molecule has 0 fully saturated rings. The van der Waals surface area contributed by atoms with Crippen molar-refractivity contribution >= 4 is 5.97 Å². The first-order valence-electron chi connectivity index (χ1n) is 4.91. The highest BCUT2D eigenvalue weighted by molar-refractivity contribution is 5.75. The van der Waals surface area contributed by atoms with Gasteiger partial charge in [-0.2, -0.15) is 0 Å². The molecule has 0 spiro atoms. The quantitative estimate of drug-likeness (QED) is 0.858. The fourth-order valence-electron chi connectivity index (χ4n) is 1.37. The number of rotatable bonds is 4. The monoisotopic (exact) mass is 226 g/mol. The highest BCUT2D eigenvalue weighted by atomic mass is 19.1. The molecule has 1 unspecified atom stereocenters. The number of alkyl halides is 1. The Kier molecular flexibility index (Phi) is 3.52. The number of halogens is 1. The van der Waals surface area contributed by atoms with Gasteiger partial charge in [0.2, 0.25) is 0 Å². The third kappa shape index (κ3) is 2.15. The Labute approximate surface area is 93.9 Å². The lowest BCUT2D eigenvalue weighted by atomic mass is 9.83. The van der Waals surface area contributed by atoms with Crippen LogP contribution in [0.1, 0.15) is 25.6 Å². The minimum Gasteiger partial charge on any atom is -0.496 e. The van der Waals surface area contributed by atoms with Gasteiger partial charge < -0.3 is 9.84 Å². The lowest BCUT2D eigenvalue weighted by Gasteiger charge is -2.25. The summed E-state index contributed by atoms with van der Waals surface area (Å²) < 4.78 is 19.2. The van der Waals surface area contributed by atoms with E-state index in [1.807, 2.05) is 0 Å². The van der Waals surface area contributed by atoms with Crippen molar-refractivity contribution in [3.63, 3.8) is 0 Å². The van der Waals surface area contributed by atoms with Gasteiger partial charge in [0.1, 0.15) is 11.9 Å². The van der Waals surface area contributed by atoms with E-state index in [2.05, 4.69) is 0 Å². The standard InChI is InChI=1S/C12H15FO3/c1-12(2,11(14)15)10(13)8-6-4-5-7-9(8)16-3/h4-7,10H,1-3H3,(H,14,15). The van der Waals surface area contributed by atoms with Crippen LogP contribution in [-0.2, 0) is 4.79 Å². The lowest BCUT2D eigenvalue weighted by molar-refractivity contribution is -0.150. The van der Waals surface area contributed by atoms with Crippen molar-refractivity contribution in [2.75, 3.05) is 7.11 Å². The molecule has 4 heteroatoms. The number of hydrogen-bond donors (Lipinski definition) is 1. The first kappa shape index (κ1) is 12.5. The normalized spacial score (nSPS) is 13.2. The Morgan fingerprint density at radius 3 is 2.50 bits per heavy atom. The predicted molar refractivity (Wildman–Crippen MR) is 58.3 cm³/mol. The molecular weight excluding hydrogens is 211 g/mol. The van der Waals surface area contributed by atoms with Crippen LogP contribution in [0.15, 0.2) is 24.3 Å². The van der Waals surface area contributed by atoms with E-state index in [1.54, 1.807) is 18.2 Å². The average Bonchev–Trinajstić information content (AvgIpc) is 2.27. The average molecular weight is 226 g/mol. The van der Waals surface area contributed by atoms with Crippen LogP contribution in [-0.4, -0.2) is 18.2 Å². The van der Waals surface area contributed by atoms with Crippen LogP contribution >= 0.6 is 0 Å².